The second kappa shape index (κ2) is 9.53. The standard InChI is InChI=1S/C19H33N3O3/c23-18(14-16-4-2-1-3-5-16)21-10-12-22(13-11-21)19(24)15-25-17-6-8-20-9-7-17/h16-17,20H,1-15H2. The van der Waals surface area contributed by atoms with Crippen LogP contribution in [-0.4, -0.2) is 73.6 Å². The fourth-order valence-corrected chi connectivity index (χ4v) is 4.22. The summed E-state index contributed by atoms with van der Waals surface area (Å²) in [6, 6.07) is 0. The molecule has 1 saturated carbocycles. The monoisotopic (exact) mass is 351 g/mol. The quantitative estimate of drug-likeness (QED) is 0.813. The summed E-state index contributed by atoms with van der Waals surface area (Å²) < 4.78 is 5.76. The highest BCUT2D eigenvalue weighted by atomic mass is 16.5. The van der Waals surface area contributed by atoms with Gasteiger partial charge in [-0.05, 0) is 44.7 Å². The van der Waals surface area contributed by atoms with Crippen molar-refractivity contribution in [3.8, 4) is 0 Å². The van der Waals surface area contributed by atoms with Gasteiger partial charge in [0.1, 0.15) is 6.61 Å². The third-order valence-electron chi connectivity index (χ3n) is 5.90. The molecule has 0 aromatic carbocycles. The van der Waals surface area contributed by atoms with Crippen molar-refractivity contribution in [2.45, 2.75) is 57.5 Å². The smallest absolute Gasteiger partial charge is 0.248 e. The molecule has 2 saturated heterocycles. The first-order valence-electron chi connectivity index (χ1n) is 10.1. The third kappa shape index (κ3) is 5.68. The lowest BCUT2D eigenvalue weighted by molar-refractivity contribution is -0.144. The third-order valence-corrected chi connectivity index (χ3v) is 5.90. The summed E-state index contributed by atoms with van der Waals surface area (Å²) in [5.41, 5.74) is 0. The molecule has 25 heavy (non-hydrogen) atoms. The number of nitrogens with zero attached hydrogens (tertiary/aromatic N) is 2. The molecule has 3 aliphatic rings. The summed E-state index contributed by atoms with van der Waals surface area (Å²) in [4.78, 5) is 28.6. The van der Waals surface area contributed by atoms with E-state index in [9.17, 15) is 9.59 Å². The van der Waals surface area contributed by atoms with Gasteiger partial charge in [0.2, 0.25) is 11.8 Å². The molecule has 0 unspecified atom stereocenters. The van der Waals surface area contributed by atoms with E-state index in [0.29, 0.717) is 38.5 Å². The summed E-state index contributed by atoms with van der Waals surface area (Å²) in [6.07, 6.45) is 9.17. The molecule has 142 valence electrons. The highest BCUT2D eigenvalue weighted by molar-refractivity contribution is 5.79. The van der Waals surface area contributed by atoms with E-state index in [1.54, 1.807) is 0 Å². The van der Waals surface area contributed by atoms with E-state index in [2.05, 4.69) is 5.32 Å². The van der Waals surface area contributed by atoms with Crippen LogP contribution in [-0.2, 0) is 14.3 Å². The summed E-state index contributed by atoms with van der Waals surface area (Å²) >= 11 is 0. The Balaban J connectivity index is 1.34. The van der Waals surface area contributed by atoms with Gasteiger partial charge in [-0.25, -0.2) is 0 Å². The van der Waals surface area contributed by atoms with Gasteiger partial charge in [0.05, 0.1) is 6.10 Å². The Morgan fingerprint density at radius 3 is 2.08 bits per heavy atom. The SMILES string of the molecule is O=C(COC1CCNCC1)N1CCN(C(=O)CC2CCCCC2)CC1. The molecule has 2 amide bonds. The number of carbonyl (C=O) groups is 2. The zero-order valence-corrected chi connectivity index (χ0v) is 15.4. The van der Waals surface area contributed by atoms with E-state index in [1.807, 2.05) is 9.80 Å². The molecule has 0 atom stereocenters. The van der Waals surface area contributed by atoms with Gasteiger partial charge in [0.25, 0.3) is 0 Å². The molecular formula is C19H33N3O3. The van der Waals surface area contributed by atoms with Crippen molar-refractivity contribution in [1.82, 2.24) is 15.1 Å². The molecule has 0 aromatic rings. The van der Waals surface area contributed by atoms with Gasteiger partial charge in [-0.2, -0.15) is 0 Å². The summed E-state index contributed by atoms with van der Waals surface area (Å²) in [7, 11) is 0. The van der Waals surface area contributed by atoms with Gasteiger partial charge in [-0.3, -0.25) is 9.59 Å². The fourth-order valence-electron chi connectivity index (χ4n) is 4.22. The van der Waals surface area contributed by atoms with Gasteiger partial charge in [0.15, 0.2) is 0 Å². The number of nitrogens with one attached hydrogen (secondary N) is 1. The number of ether oxygens (including phenoxy) is 1. The number of carbonyl (C=O) groups excluding carboxylic acids is 2. The second-order valence-corrected chi connectivity index (χ2v) is 7.73. The van der Waals surface area contributed by atoms with Crippen molar-refractivity contribution < 1.29 is 14.3 Å². The highest BCUT2D eigenvalue weighted by Gasteiger charge is 2.26. The first-order chi connectivity index (χ1) is 12.2. The largest absolute Gasteiger partial charge is 0.368 e. The van der Waals surface area contributed by atoms with Crippen molar-refractivity contribution in [2.75, 3.05) is 45.9 Å². The zero-order valence-electron chi connectivity index (χ0n) is 15.4. The normalized spacial score (nSPS) is 23.7. The predicted octanol–water partition coefficient (Wildman–Crippen LogP) is 1.40. The van der Waals surface area contributed by atoms with Crippen LogP contribution in [0.4, 0.5) is 0 Å². The van der Waals surface area contributed by atoms with Crippen molar-refractivity contribution in [3.05, 3.63) is 0 Å². The number of hydrogen-bond acceptors (Lipinski definition) is 4. The minimum absolute atomic E-state index is 0.0675. The number of rotatable bonds is 5. The average molecular weight is 351 g/mol. The number of piperazine rings is 1. The molecule has 6 heteroatoms. The van der Waals surface area contributed by atoms with Gasteiger partial charge in [-0.1, -0.05) is 19.3 Å². The Morgan fingerprint density at radius 2 is 1.44 bits per heavy atom. The lowest BCUT2D eigenvalue weighted by Crippen LogP contribution is -2.52. The fraction of sp³-hybridized carbons (Fsp3) is 0.895. The molecular weight excluding hydrogens is 318 g/mol. The van der Waals surface area contributed by atoms with Crippen molar-refractivity contribution >= 4 is 11.8 Å². The highest BCUT2D eigenvalue weighted by Crippen LogP contribution is 2.27. The van der Waals surface area contributed by atoms with Crippen LogP contribution in [0.3, 0.4) is 0 Å². The Bertz CT molecular complexity index is 437. The van der Waals surface area contributed by atoms with E-state index >= 15 is 0 Å². The van der Waals surface area contributed by atoms with Gasteiger partial charge in [0, 0.05) is 32.6 Å². The minimum Gasteiger partial charge on any atom is -0.368 e. The Hall–Kier alpha value is -1.14. The van der Waals surface area contributed by atoms with E-state index in [4.69, 9.17) is 4.74 Å². The van der Waals surface area contributed by atoms with Crippen molar-refractivity contribution in [2.24, 2.45) is 5.92 Å². The van der Waals surface area contributed by atoms with E-state index < -0.39 is 0 Å². The molecule has 3 fully saturated rings. The van der Waals surface area contributed by atoms with Crippen LogP contribution >= 0.6 is 0 Å². The molecule has 0 radical (unpaired) electrons. The predicted molar refractivity (Wildman–Crippen MR) is 96.2 cm³/mol. The van der Waals surface area contributed by atoms with Crippen molar-refractivity contribution in [1.29, 1.82) is 0 Å². The van der Waals surface area contributed by atoms with Crippen molar-refractivity contribution in [3.63, 3.8) is 0 Å². The maximum atomic E-state index is 12.5. The lowest BCUT2D eigenvalue weighted by Gasteiger charge is -2.36. The molecule has 0 aromatic heterocycles. The summed E-state index contributed by atoms with van der Waals surface area (Å²) in [5, 5.41) is 3.30. The van der Waals surface area contributed by atoms with Crippen LogP contribution < -0.4 is 5.32 Å². The van der Waals surface area contributed by atoms with Crippen LogP contribution in [0.5, 0.6) is 0 Å². The Labute approximate surface area is 151 Å². The molecule has 1 aliphatic carbocycles. The topological polar surface area (TPSA) is 61.9 Å². The molecule has 1 N–H and O–H groups in total. The maximum absolute atomic E-state index is 12.5. The van der Waals surface area contributed by atoms with Gasteiger partial charge >= 0.3 is 0 Å². The molecule has 6 nitrogen and oxygen atoms in total. The second-order valence-electron chi connectivity index (χ2n) is 7.73. The minimum atomic E-state index is 0.0675. The Morgan fingerprint density at radius 1 is 0.840 bits per heavy atom. The van der Waals surface area contributed by atoms with E-state index in [1.165, 1.54) is 32.1 Å². The molecule has 2 heterocycles. The zero-order chi connectivity index (χ0) is 17.5. The number of hydrogen-bond donors (Lipinski definition) is 1. The average Bonchev–Trinajstić information content (AvgIpc) is 2.68. The number of amides is 2. The van der Waals surface area contributed by atoms with E-state index in [-0.39, 0.29) is 24.5 Å². The van der Waals surface area contributed by atoms with Gasteiger partial charge < -0.3 is 19.9 Å². The summed E-state index contributed by atoms with van der Waals surface area (Å²) in [6.45, 7) is 4.76. The van der Waals surface area contributed by atoms with Crippen LogP contribution in [0.1, 0.15) is 51.4 Å². The van der Waals surface area contributed by atoms with Gasteiger partial charge in [-0.15, -0.1) is 0 Å². The molecule has 2 aliphatic heterocycles. The Kier molecular flexibility index (Phi) is 7.11. The molecule has 0 spiro atoms. The first-order valence-corrected chi connectivity index (χ1v) is 10.1. The molecule has 0 bridgehead atoms. The first kappa shape index (κ1) is 18.6. The maximum Gasteiger partial charge on any atom is 0.248 e. The van der Waals surface area contributed by atoms with Crippen LogP contribution in [0, 0.1) is 5.92 Å². The van der Waals surface area contributed by atoms with Crippen LogP contribution in [0.2, 0.25) is 0 Å². The van der Waals surface area contributed by atoms with Crippen LogP contribution in [0.25, 0.3) is 0 Å². The van der Waals surface area contributed by atoms with E-state index in [0.717, 1.165) is 25.9 Å². The van der Waals surface area contributed by atoms with Crippen LogP contribution in [0.15, 0.2) is 0 Å². The molecule has 3 rings (SSSR count). The summed E-state index contributed by atoms with van der Waals surface area (Å²) in [5.74, 6) is 0.933. The lowest BCUT2D eigenvalue weighted by atomic mass is 9.86. The number of piperidine rings is 1.